The third kappa shape index (κ3) is 4.68. The number of nitrogens with one attached hydrogen (secondary N) is 1. The summed E-state index contributed by atoms with van der Waals surface area (Å²) in [6.07, 6.45) is 5.64. The Morgan fingerprint density at radius 3 is 2.90 bits per heavy atom. The minimum absolute atomic E-state index is 0.00584. The van der Waals surface area contributed by atoms with Crippen molar-refractivity contribution < 1.29 is 14.8 Å². The van der Waals surface area contributed by atoms with Gasteiger partial charge in [0.2, 0.25) is 5.91 Å². The largest absolute Gasteiger partial charge is 0.396 e. The van der Waals surface area contributed by atoms with E-state index >= 15 is 0 Å². The number of carbonyl (C=O) groups excluding carboxylic acids is 1. The van der Waals surface area contributed by atoms with Crippen LogP contribution >= 0.6 is 0 Å². The number of aliphatic hydroxyl groups excluding tert-OH is 1. The van der Waals surface area contributed by atoms with Gasteiger partial charge < -0.3 is 10.4 Å². The average molecular weight is 290 g/mol. The van der Waals surface area contributed by atoms with Crippen molar-refractivity contribution in [3.63, 3.8) is 0 Å². The van der Waals surface area contributed by atoms with Gasteiger partial charge in [0.1, 0.15) is 0 Å². The second-order valence-electron chi connectivity index (χ2n) is 5.15. The summed E-state index contributed by atoms with van der Waals surface area (Å²) < 4.78 is 0. The molecule has 1 aliphatic carbocycles. The molecule has 0 spiro atoms. The lowest BCUT2D eigenvalue weighted by molar-refractivity contribution is -0.384. The molecule has 2 rings (SSSR count). The zero-order valence-corrected chi connectivity index (χ0v) is 11.6. The van der Waals surface area contributed by atoms with Gasteiger partial charge in [-0.3, -0.25) is 14.9 Å². The third-order valence-electron chi connectivity index (χ3n) is 3.47. The van der Waals surface area contributed by atoms with Crippen LogP contribution in [0.1, 0.15) is 24.8 Å². The lowest BCUT2D eigenvalue weighted by Gasteiger charge is -2.15. The quantitative estimate of drug-likeness (QED) is 0.455. The number of aliphatic hydroxyl groups is 1. The van der Waals surface area contributed by atoms with E-state index < -0.39 is 4.92 Å². The summed E-state index contributed by atoms with van der Waals surface area (Å²) in [6.45, 7) is 0.0516. The maximum atomic E-state index is 11.8. The van der Waals surface area contributed by atoms with Crippen LogP contribution < -0.4 is 5.32 Å². The highest BCUT2D eigenvalue weighted by Gasteiger charge is 2.31. The molecule has 1 saturated carbocycles. The number of carbonyl (C=O) groups is 1. The van der Waals surface area contributed by atoms with Crippen LogP contribution in [0.15, 0.2) is 30.3 Å². The zero-order chi connectivity index (χ0) is 15.2. The van der Waals surface area contributed by atoms with Gasteiger partial charge in [0.15, 0.2) is 0 Å². The number of hydrogen-bond donors (Lipinski definition) is 2. The van der Waals surface area contributed by atoms with E-state index in [4.69, 9.17) is 5.11 Å². The van der Waals surface area contributed by atoms with Gasteiger partial charge in [-0.05, 0) is 36.8 Å². The van der Waals surface area contributed by atoms with Crippen molar-refractivity contribution in [1.82, 2.24) is 5.32 Å². The van der Waals surface area contributed by atoms with Gasteiger partial charge in [-0.2, -0.15) is 0 Å². The van der Waals surface area contributed by atoms with E-state index in [2.05, 4.69) is 5.32 Å². The SMILES string of the molecule is O=C(/C=C/c1cccc([N+](=O)[O-])c1)NC(CCO)C1CC1. The number of hydrogen-bond acceptors (Lipinski definition) is 4. The van der Waals surface area contributed by atoms with Crippen molar-refractivity contribution in [2.45, 2.75) is 25.3 Å². The highest BCUT2D eigenvalue weighted by Crippen LogP contribution is 2.33. The highest BCUT2D eigenvalue weighted by atomic mass is 16.6. The zero-order valence-electron chi connectivity index (χ0n) is 11.6. The van der Waals surface area contributed by atoms with Crippen molar-refractivity contribution in [3.8, 4) is 0 Å². The molecule has 0 heterocycles. The van der Waals surface area contributed by atoms with Crippen molar-refractivity contribution in [2.75, 3.05) is 6.61 Å². The Bertz CT molecular complexity index is 552. The van der Waals surface area contributed by atoms with Crippen LogP contribution in [0.5, 0.6) is 0 Å². The second-order valence-corrected chi connectivity index (χ2v) is 5.15. The summed E-state index contributed by atoms with van der Waals surface area (Å²) in [4.78, 5) is 22.0. The number of nitro groups is 1. The van der Waals surface area contributed by atoms with Gasteiger partial charge in [-0.15, -0.1) is 0 Å². The molecule has 1 amide bonds. The monoisotopic (exact) mass is 290 g/mol. The van der Waals surface area contributed by atoms with E-state index in [1.54, 1.807) is 18.2 Å². The number of rotatable bonds is 7. The molecular formula is C15H18N2O4. The number of nitrogens with zero attached hydrogens (tertiary/aromatic N) is 1. The Morgan fingerprint density at radius 2 is 2.29 bits per heavy atom. The van der Waals surface area contributed by atoms with Crippen LogP contribution in [-0.4, -0.2) is 28.6 Å². The smallest absolute Gasteiger partial charge is 0.270 e. The fourth-order valence-corrected chi connectivity index (χ4v) is 2.21. The first-order valence-corrected chi connectivity index (χ1v) is 6.94. The molecule has 1 atom stereocenters. The van der Waals surface area contributed by atoms with Gasteiger partial charge in [0, 0.05) is 30.9 Å². The number of non-ortho nitro benzene ring substituents is 1. The van der Waals surface area contributed by atoms with Gasteiger partial charge in [-0.25, -0.2) is 0 Å². The van der Waals surface area contributed by atoms with Crippen LogP contribution in [0, 0.1) is 16.0 Å². The maximum Gasteiger partial charge on any atom is 0.270 e. The molecule has 1 unspecified atom stereocenters. The van der Waals surface area contributed by atoms with Crippen molar-refractivity contribution >= 4 is 17.7 Å². The molecule has 1 fully saturated rings. The lowest BCUT2D eigenvalue weighted by atomic mass is 10.1. The van der Waals surface area contributed by atoms with Gasteiger partial charge in [-0.1, -0.05) is 12.1 Å². The molecular weight excluding hydrogens is 272 g/mol. The molecule has 6 nitrogen and oxygen atoms in total. The van der Waals surface area contributed by atoms with Crippen LogP contribution in [0.4, 0.5) is 5.69 Å². The van der Waals surface area contributed by atoms with Crippen LogP contribution in [0.3, 0.4) is 0 Å². The van der Waals surface area contributed by atoms with Gasteiger partial charge >= 0.3 is 0 Å². The lowest BCUT2D eigenvalue weighted by Crippen LogP contribution is -2.36. The molecule has 6 heteroatoms. The first-order valence-electron chi connectivity index (χ1n) is 6.94. The molecule has 2 N–H and O–H groups in total. The van der Waals surface area contributed by atoms with Crippen molar-refractivity contribution in [2.24, 2.45) is 5.92 Å². The van der Waals surface area contributed by atoms with Crippen LogP contribution in [0.25, 0.3) is 6.08 Å². The van der Waals surface area contributed by atoms with Crippen molar-refractivity contribution in [3.05, 3.63) is 46.0 Å². The minimum atomic E-state index is -0.470. The number of benzene rings is 1. The van der Waals surface area contributed by atoms with E-state index in [1.165, 1.54) is 18.2 Å². The Kier molecular flexibility index (Phi) is 5.05. The Hall–Kier alpha value is -2.21. The molecule has 21 heavy (non-hydrogen) atoms. The Labute approximate surface area is 122 Å². The fraction of sp³-hybridized carbons (Fsp3) is 0.400. The van der Waals surface area contributed by atoms with Crippen LogP contribution in [0.2, 0.25) is 0 Å². The Balaban J connectivity index is 1.94. The van der Waals surface area contributed by atoms with Crippen LogP contribution in [-0.2, 0) is 4.79 Å². The summed E-state index contributed by atoms with van der Waals surface area (Å²) in [5, 5.41) is 22.5. The topological polar surface area (TPSA) is 92.5 Å². The second kappa shape index (κ2) is 6.99. The van der Waals surface area contributed by atoms with E-state index in [1.807, 2.05) is 0 Å². The molecule has 0 bridgehead atoms. The molecule has 1 aromatic rings. The predicted molar refractivity (Wildman–Crippen MR) is 78.5 cm³/mol. The molecule has 112 valence electrons. The standard InChI is InChI=1S/C15H18N2O4/c18-9-8-14(12-5-6-12)16-15(19)7-4-11-2-1-3-13(10-11)17(20)21/h1-4,7,10,12,14,18H,5-6,8-9H2,(H,16,19)/b7-4+. The normalized spacial score (nSPS) is 15.9. The number of nitro benzene ring substituents is 1. The third-order valence-corrected chi connectivity index (χ3v) is 3.47. The summed E-state index contributed by atoms with van der Waals surface area (Å²) in [7, 11) is 0. The van der Waals surface area contributed by atoms with E-state index in [-0.39, 0.29) is 24.2 Å². The molecule has 1 aliphatic rings. The van der Waals surface area contributed by atoms with E-state index in [0.717, 1.165) is 12.8 Å². The summed E-state index contributed by atoms with van der Waals surface area (Å²) in [6, 6.07) is 6.10. The number of amides is 1. The Morgan fingerprint density at radius 1 is 1.52 bits per heavy atom. The maximum absolute atomic E-state index is 11.8. The first-order chi connectivity index (χ1) is 10.1. The molecule has 1 aromatic carbocycles. The summed E-state index contributed by atoms with van der Waals surface area (Å²) in [5.74, 6) is 0.221. The van der Waals surface area contributed by atoms with Gasteiger partial charge in [0.25, 0.3) is 5.69 Å². The molecule has 0 radical (unpaired) electrons. The predicted octanol–water partition coefficient (Wildman–Crippen LogP) is 1.89. The minimum Gasteiger partial charge on any atom is -0.396 e. The first kappa shape index (κ1) is 15.2. The summed E-state index contributed by atoms with van der Waals surface area (Å²) >= 11 is 0. The average Bonchev–Trinajstić information content (AvgIpc) is 3.29. The highest BCUT2D eigenvalue weighted by molar-refractivity contribution is 5.92. The van der Waals surface area contributed by atoms with Crippen molar-refractivity contribution in [1.29, 1.82) is 0 Å². The molecule has 0 saturated heterocycles. The van der Waals surface area contributed by atoms with E-state index in [0.29, 0.717) is 17.9 Å². The summed E-state index contributed by atoms with van der Waals surface area (Å²) in [5.41, 5.74) is 0.596. The van der Waals surface area contributed by atoms with E-state index in [9.17, 15) is 14.9 Å². The fourth-order valence-electron chi connectivity index (χ4n) is 2.21. The molecule has 0 aromatic heterocycles. The molecule has 0 aliphatic heterocycles. The van der Waals surface area contributed by atoms with Gasteiger partial charge in [0.05, 0.1) is 4.92 Å².